The Morgan fingerprint density at radius 2 is 1.93 bits per heavy atom. The van der Waals surface area contributed by atoms with Crippen LogP contribution in [0.2, 0.25) is 0 Å². The van der Waals surface area contributed by atoms with E-state index in [1.54, 1.807) is 18.2 Å². The van der Waals surface area contributed by atoms with Crippen LogP contribution in [0.5, 0.6) is 0 Å². The summed E-state index contributed by atoms with van der Waals surface area (Å²) in [5.41, 5.74) is 0.711. The number of halogens is 1. The third-order valence-electron chi connectivity index (χ3n) is 2.13. The molecule has 2 rings (SSSR count). The molecule has 1 aromatic carbocycles. The highest BCUT2D eigenvalue weighted by atomic mass is 32.2. The van der Waals surface area contributed by atoms with E-state index in [1.165, 1.54) is 17.5 Å². The zero-order chi connectivity index (χ0) is 10.9. The Morgan fingerprint density at radius 3 is 2.47 bits per heavy atom. The summed E-state index contributed by atoms with van der Waals surface area (Å²) in [7, 11) is -3.04. The van der Waals surface area contributed by atoms with Crippen LogP contribution in [0.25, 0.3) is 0 Å². The van der Waals surface area contributed by atoms with Crippen LogP contribution in [0.15, 0.2) is 35.7 Å². The molecule has 0 amide bonds. The Bertz CT molecular complexity index is 479. The SMILES string of the molecule is O=S1(=O)C=CC(Nc2ccc(F)cc2)C1. The van der Waals surface area contributed by atoms with Crippen LogP contribution in [-0.4, -0.2) is 20.2 Å². The van der Waals surface area contributed by atoms with Gasteiger partial charge in [0.2, 0.25) is 0 Å². The molecule has 3 nitrogen and oxygen atoms in total. The summed E-state index contributed by atoms with van der Waals surface area (Å²) >= 11 is 0. The highest BCUT2D eigenvalue weighted by Gasteiger charge is 2.21. The molecule has 0 saturated heterocycles. The number of rotatable bonds is 2. The largest absolute Gasteiger partial charge is 0.378 e. The van der Waals surface area contributed by atoms with Crippen molar-refractivity contribution in [1.82, 2.24) is 0 Å². The van der Waals surface area contributed by atoms with E-state index in [1.807, 2.05) is 0 Å². The minimum absolute atomic E-state index is 0.0599. The predicted octanol–water partition coefficient (Wildman–Crippen LogP) is 1.55. The number of anilines is 1. The van der Waals surface area contributed by atoms with E-state index in [0.717, 1.165) is 0 Å². The normalized spacial score (nSPS) is 22.9. The van der Waals surface area contributed by atoms with Gasteiger partial charge in [0.25, 0.3) is 0 Å². The number of hydrogen-bond donors (Lipinski definition) is 1. The van der Waals surface area contributed by atoms with Crippen LogP contribution in [0.1, 0.15) is 0 Å². The lowest BCUT2D eigenvalue weighted by Crippen LogP contribution is -2.20. The first-order valence-corrected chi connectivity index (χ1v) is 6.20. The van der Waals surface area contributed by atoms with Gasteiger partial charge in [0.1, 0.15) is 5.82 Å². The third kappa shape index (κ3) is 2.56. The van der Waals surface area contributed by atoms with E-state index in [4.69, 9.17) is 0 Å². The number of benzene rings is 1. The van der Waals surface area contributed by atoms with Gasteiger partial charge >= 0.3 is 0 Å². The zero-order valence-electron chi connectivity index (χ0n) is 7.85. The summed E-state index contributed by atoms with van der Waals surface area (Å²) in [5, 5.41) is 4.19. The maximum absolute atomic E-state index is 12.6. The molecule has 1 N–H and O–H groups in total. The fourth-order valence-electron chi connectivity index (χ4n) is 1.43. The van der Waals surface area contributed by atoms with E-state index < -0.39 is 9.84 Å². The zero-order valence-corrected chi connectivity index (χ0v) is 8.67. The molecule has 1 aliphatic heterocycles. The van der Waals surface area contributed by atoms with Crippen LogP contribution in [-0.2, 0) is 9.84 Å². The van der Waals surface area contributed by atoms with Crippen molar-refractivity contribution in [1.29, 1.82) is 0 Å². The van der Waals surface area contributed by atoms with Gasteiger partial charge in [-0.05, 0) is 24.3 Å². The van der Waals surface area contributed by atoms with Crippen molar-refractivity contribution >= 4 is 15.5 Å². The van der Waals surface area contributed by atoms with Gasteiger partial charge in [-0.1, -0.05) is 6.08 Å². The number of nitrogens with one attached hydrogen (secondary N) is 1. The molecule has 0 spiro atoms. The minimum atomic E-state index is -3.04. The van der Waals surface area contributed by atoms with Crippen molar-refractivity contribution in [2.75, 3.05) is 11.1 Å². The lowest BCUT2D eigenvalue weighted by molar-refractivity contribution is 0.605. The molecule has 1 unspecified atom stereocenters. The maximum atomic E-state index is 12.6. The molecule has 1 aromatic rings. The average molecular weight is 227 g/mol. The van der Waals surface area contributed by atoms with E-state index in [-0.39, 0.29) is 17.6 Å². The van der Waals surface area contributed by atoms with Gasteiger partial charge in [0.05, 0.1) is 11.8 Å². The monoisotopic (exact) mass is 227 g/mol. The topological polar surface area (TPSA) is 46.2 Å². The van der Waals surface area contributed by atoms with Crippen LogP contribution in [0, 0.1) is 5.82 Å². The van der Waals surface area contributed by atoms with Crippen LogP contribution < -0.4 is 5.32 Å². The van der Waals surface area contributed by atoms with Crippen LogP contribution in [0.4, 0.5) is 10.1 Å². The summed E-state index contributed by atoms with van der Waals surface area (Å²) in [6.07, 6.45) is 1.60. The van der Waals surface area contributed by atoms with E-state index >= 15 is 0 Å². The molecule has 0 bridgehead atoms. The Kier molecular flexibility index (Phi) is 2.48. The van der Waals surface area contributed by atoms with Crippen molar-refractivity contribution in [3.8, 4) is 0 Å². The molecule has 1 heterocycles. The number of sulfone groups is 1. The Morgan fingerprint density at radius 1 is 1.27 bits per heavy atom. The Hall–Kier alpha value is -1.36. The average Bonchev–Trinajstić information content (AvgIpc) is 2.50. The molecule has 0 aromatic heterocycles. The van der Waals surface area contributed by atoms with Crippen molar-refractivity contribution < 1.29 is 12.8 Å². The smallest absolute Gasteiger partial charge is 0.173 e. The molecule has 1 atom stereocenters. The standard InChI is InChI=1S/C10H10FNO2S/c11-8-1-3-9(4-2-8)12-10-5-6-15(13,14)7-10/h1-6,10,12H,7H2. The van der Waals surface area contributed by atoms with Gasteiger partial charge in [0, 0.05) is 11.1 Å². The predicted molar refractivity (Wildman–Crippen MR) is 56.7 cm³/mol. The van der Waals surface area contributed by atoms with Crippen molar-refractivity contribution in [2.24, 2.45) is 0 Å². The highest BCUT2D eigenvalue weighted by molar-refractivity contribution is 7.94. The van der Waals surface area contributed by atoms with Crippen molar-refractivity contribution in [3.05, 3.63) is 41.6 Å². The molecule has 5 heteroatoms. The van der Waals surface area contributed by atoms with Crippen LogP contribution >= 0.6 is 0 Å². The Labute approximate surface area is 87.5 Å². The van der Waals surface area contributed by atoms with Gasteiger partial charge in [-0.3, -0.25) is 0 Å². The molecular formula is C10H10FNO2S. The molecule has 80 valence electrons. The van der Waals surface area contributed by atoms with Gasteiger partial charge in [-0.2, -0.15) is 0 Å². The minimum Gasteiger partial charge on any atom is -0.378 e. The van der Waals surface area contributed by atoms with Gasteiger partial charge < -0.3 is 5.32 Å². The molecule has 0 fully saturated rings. The molecule has 0 aliphatic carbocycles. The Balaban J connectivity index is 2.05. The summed E-state index contributed by atoms with van der Waals surface area (Å²) in [6, 6.07) is 5.59. The van der Waals surface area contributed by atoms with Gasteiger partial charge in [-0.15, -0.1) is 0 Å². The fraction of sp³-hybridized carbons (Fsp3) is 0.200. The number of hydrogen-bond acceptors (Lipinski definition) is 3. The molecule has 15 heavy (non-hydrogen) atoms. The molecular weight excluding hydrogens is 217 g/mol. The second kappa shape index (κ2) is 3.66. The molecule has 1 aliphatic rings. The first kappa shape index (κ1) is 10.2. The molecule has 0 radical (unpaired) electrons. The first-order chi connectivity index (χ1) is 7.05. The van der Waals surface area contributed by atoms with E-state index in [0.29, 0.717) is 5.69 Å². The second-order valence-electron chi connectivity index (χ2n) is 3.42. The molecule has 0 saturated carbocycles. The maximum Gasteiger partial charge on any atom is 0.173 e. The third-order valence-corrected chi connectivity index (χ3v) is 3.52. The second-order valence-corrected chi connectivity index (χ2v) is 5.35. The fourth-order valence-corrected chi connectivity index (χ4v) is 2.66. The van der Waals surface area contributed by atoms with Crippen molar-refractivity contribution in [2.45, 2.75) is 6.04 Å². The summed E-state index contributed by atoms with van der Waals surface area (Å²) in [4.78, 5) is 0. The van der Waals surface area contributed by atoms with E-state index in [9.17, 15) is 12.8 Å². The first-order valence-electron chi connectivity index (χ1n) is 4.48. The van der Waals surface area contributed by atoms with Gasteiger partial charge in [0.15, 0.2) is 9.84 Å². The van der Waals surface area contributed by atoms with Gasteiger partial charge in [-0.25, -0.2) is 12.8 Å². The quantitative estimate of drug-likeness (QED) is 0.833. The summed E-state index contributed by atoms with van der Waals surface area (Å²) < 4.78 is 34.8. The lowest BCUT2D eigenvalue weighted by atomic mass is 10.2. The summed E-state index contributed by atoms with van der Waals surface area (Å²) in [5.74, 6) is -0.250. The highest BCUT2D eigenvalue weighted by Crippen LogP contribution is 2.15. The van der Waals surface area contributed by atoms with Crippen LogP contribution in [0.3, 0.4) is 0 Å². The summed E-state index contributed by atoms with van der Waals surface area (Å²) in [6.45, 7) is 0. The lowest BCUT2D eigenvalue weighted by Gasteiger charge is -2.10. The van der Waals surface area contributed by atoms with Crippen molar-refractivity contribution in [3.63, 3.8) is 0 Å². The van der Waals surface area contributed by atoms with E-state index in [2.05, 4.69) is 5.32 Å².